The van der Waals surface area contributed by atoms with Crippen molar-refractivity contribution in [2.24, 2.45) is 0 Å². The summed E-state index contributed by atoms with van der Waals surface area (Å²) in [6, 6.07) is 13.4. The van der Waals surface area contributed by atoms with Crippen molar-refractivity contribution >= 4 is 33.0 Å². The Kier molecular flexibility index (Phi) is 5.85. The van der Waals surface area contributed by atoms with Gasteiger partial charge in [0.2, 0.25) is 5.91 Å². The van der Waals surface area contributed by atoms with Gasteiger partial charge in [0.25, 0.3) is 5.56 Å². The maximum atomic E-state index is 13.9. The highest BCUT2D eigenvalue weighted by molar-refractivity contribution is 9.10. The topological polar surface area (TPSA) is 77.6 Å². The van der Waals surface area contributed by atoms with E-state index in [9.17, 15) is 14.0 Å². The number of fused-ring (bicyclic) bond motifs is 1. The van der Waals surface area contributed by atoms with Crippen molar-refractivity contribution in [1.82, 2.24) is 14.2 Å². The van der Waals surface area contributed by atoms with Crippen LogP contribution in [0.4, 0.5) is 10.1 Å². The molecule has 0 saturated heterocycles. The van der Waals surface area contributed by atoms with Crippen molar-refractivity contribution in [3.63, 3.8) is 0 Å². The number of ether oxygens (including phenoxy) is 1. The minimum Gasteiger partial charge on any atom is -0.494 e. The molecule has 9 heteroatoms. The van der Waals surface area contributed by atoms with E-state index in [-0.39, 0.29) is 17.8 Å². The summed E-state index contributed by atoms with van der Waals surface area (Å²) in [5.74, 6) is -0.328. The van der Waals surface area contributed by atoms with Crippen molar-refractivity contribution in [3.8, 4) is 17.0 Å². The van der Waals surface area contributed by atoms with Gasteiger partial charge in [0.15, 0.2) is 0 Å². The molecule has 0 unspecified atom stereocenters. The van der Waals surface area contributed by atoms with Crippen molar-refractivity contribution in [3.05, 3.63) is 81.6 Å². The molecule has 158 valence electrons. The molecule has 0 aliphatic heterocycles. The second kappa shape index (κ2) is 8.73. The molecule has 0 saturated carbocycles. The molecule has 2 heterocycles. The van der Waals surface area contributed by atoms with Crippen LogP contribution in [0.1, 0.15) is 6.92 Å². The quantitative estimate of drug-likeness (QED) is 0.446. The number of hydrogen-bond acceptors (Lipinski definition) is 4. The summed E-state index contributed by atoms with van der Waals surface area (Å²) in [6.45, 7) is 2.24. The van der Waals surface area contributed by atoms with Gasteiger partial charge >= 0.3 is 0 Å². The lowest BCUT2D eigenvalue weighted by molar-refractivity contribution is -0.116. The number of carbonyl (C=O) groups is 1. The lowest BCUT2D eigenvalue weighted by Crippen LogP contribution is -2.28. The summed E-state index contributed by atoms with van der Waals surface area (Å²) in [5.41, 5.74) is 1.46. The standard InChI is InChI=1S/C22H18BrFN4O3/c1-2-31-16-6-3-14(4-7-16)19-12-20-22(30)27(9-10-28(20)26-19)13-21(29)25-18-8-5-15(23)11-17(18)24/h3-12H,2,13H2,1H3,(H,25,29). The van der Waals surface area contributed by atoms with E-state index in [0.717, 1.165) is 11.3 Å². The second-order valence-electron chi connectivity index (χ2n) is 6.72. The van der Waals surface area contributed by atoms with E-state index in [4.69, 9.17) is 4.74 Å². The van der Waals surface area contributed by atoms with Gasteiger partial charge in [-0.25, -0.2) is 8.91 Å². The molecule has 0 aliphatic rings. The molecule has 4 aromatic rings. The SMILES string of the molecule is CCOc1ccc(-c2cc3c(=O)n(CC(=O)Nc4ccc(Br)cc4F)ccn3n2)cc1. The summed E-state index contributed by atoms with van der Waals surface area (Å²) >= 11 is 3.17. The third kappa shape index (κ3) is 4.51. The van der Waals surface area contributed by atoms with E-state index in [1.807, 2.05) is 31.2 Å². The molecule has 1 N–H and O–H groups in total. The molecular formula is C22H18BrFN4O3. The molecule has 7 nitrogen and oxygen atoms in total. The Balaban J connectivity index is 1.56. The molecule has 0 aliphatic carbocycles. The summed E-state index contributed by atoms with van der Waals surface area (Å²) in [7, 11) is 0. The highest BCUT2D eigenvalue weighted by Crippen LogP contribution is 2.22. The predicted molar refractivity (Wildman–Crippen MR) is 119 cm³/mol. The third-order valence-corrected chi connectivity index (χ3v) is 5.08. The summed E-state index contributed by atoms with van der Waals surface area (Å²) < 4.78 is 22.7. The molecule has 4 rings (SSSR count). The van der Waals surface area contributed by atoms with Crippen LogP contribution in [0.15, 0.2) is 70.2 Å². The molecule has 0 atom stereocenters. The average Bonchev–Trinajstić information content (AvgIpc) is 3.18. The fourth-order valence-electron chi connectivity index (χ4n) is 3.12. The van der Waals surface area contributed by atoms with Crippen molar-refractivity contribution in [2.75, 3.05) is 11.9 Å². The van der Waals surface area contributed by atoms with Gasteiger partial charge in [-0.2, -0.15) is 5.10 Å². The Morgan fingerprint density at radius 2 is 1.94 bits per heavy atom. The van der Waals surface area contributed by atoms with Crippen LogP contribution in [0, 0.1) is 5.82 Å². The number of nitrogens with one attached hydrogen (secondary N) is 1. The van der Waals surface area contributed by atoms with E-state index >= 15 is 0 Å². The van der Waals surface area contributed by atoms with E-state index < -0.39 is 11.7 Å². The Labute approximate surface area is 185 Å². The first kappa shape index (κ1) is 20.8. The van der Waals surface area contributed by atoms with Crippen LogP contribution in [-0.2, 0) is 11.3 Å². The number of hydrogen-bond donors (Lipinski definition) is 1. The number of halogens is 2. The zero-order chi connectivity index (χ0) is 22.0. The van der Waals surface area contributed by atoms with Crippen LogP contribution in [0.2, 0.25) is 0 Å². The zero-order valence-corrected chi connectivity index (χ0v) is 18.1. The molecule has 31 heavy (non-hydrogen) atoms. The van der Waals surface area contributed by atoms with Crippen molar-refractivity contribution < 1.29 is 13.9 Å². The normalized spacial score (nSPS) is 10.9. The van der Waals surface area contributed by atoms with Crippen LogP contribution >= 0.6 is 15.9 Å². The minimum absolute atomic E-state index is 0.0458. The van der Waals surface area contributed by atoms with Crippen LogP contribution in [-0.4, -0.2) is 26.7 Å². The van der Waals surface area contributed by atoms with E-state index in [1.165, 1.54) is 27.4 Å². The molecule has 0 radical (unpaired) electrons. The first-order valence-electron chi connectivity index (χ1n) is 9.51. The highest BCUT2D eigenvalue weighted by atomic mass is 79.9. The zero-order valence-electron chi connectivity index (χ0n) is 16.5. The van der Waals surface area contributed by atoms with E-state index in [1.54, 1.807) is 18.3 Å². The number of anilines is 1. The number of nitrogens with zero attached hydrogens (tertiary/aromatic N) is 3. The maximum absolute atomic E-state index is 13.9. The van der Waals surface area contributed by atoms with Crippen LogP contribution in [0.25, 0.3) is 16.8 Å². The Morgan fingerprint density at radius 3 is 2.65 bits per heavy atom. The minimum atomic E-state index is -0.568. The van der Waals surface area contributed by atoms with Gasteiger partial charge < -0.3 is 14.6 Å². The number of carbonyl (C=O) groups excluding carboxylic acids is 1. The highest BCUT2D eigenvalue weighted by Gasteiger charge is 2.13. The van der Waals surface area contributed by atoms with E-state index in [2.05, 4.69) is 26.3 Å². The Hall–Kier alpha value is -3.46. The molecule has 2 aromatic carbocycles. The van der Waals surface area contributed by atoms with E-state index in [0.29, 0.717) is 22.3 Å². The number of amides is 1. The van der Waals surface area contributed by atoms with Gasteiger partial charge in [-0.05, 0) is 55.5 Å². The predicted octanol–water partition coefficient (Wildman–Crippen LogP) is 4.10. The van der Waals surface area contributed by atoms with Crippen LogP contribution in [0.5, 0.6) is 5.75 Å². The summed E-state index contributed by atoms with van der Waals surface area (Å²) in [6.07, 6.45) is 3.07. The first-order chi connectivity index (χ1) is 14.9. The second-order valence-corrected chi connectivity index (χ2v) is 7.64. The first-order valence-corrected chi connectivity index (χ1v) is 10.3. The van der Waals surface area contributed by atoms with Gasteiger partial charge in [0, 0.05) is 22.4 Å². The Morgan fingerprint density at radius 1 is 1.16 bits per heavy atom. The fraction of sp³-hybridized carbons (Fsp3) is 0.136. The fourth-order valence-corrected chi connectivity index (χ4v) is 3.45. The summed E-state index contributed by atoms with van der Waals surface area (Å²) in [4.78, 5) is 25.2. The smallest absolute Gasteiger partial charge is 0.277 e. The van der Waals surface area contributed by atoms with Crippen molar-refractivity contribution in [1.29, 1.82) is 0 Å². The number of aromatic nitrogens is 3. The number of rotatable bonds is 6. The average molecular weight is 485 g/mol. The third-order valence-electron chi connectivity index (χ3n) is 4.58. The molecule has 0 bridgehead atoms. The maximum Gasteiger partial charge on any atom is 0.277 e. The van der Waals surface area contributed by atoms with Gasteiger partial charge in [0.1, 0.15) is 23.6 Å². The van der Waals surface area contributed by atoms with Crippen LogP contribution < -0.4 is 15.6 Å². The monoisotopic (exact) mass is 484 g/mol. The molecule has 0 spiro atoms. The van der Waals surface area contributed by atoms with Gasteiger partial charge in [-0.1, -0.05) is 15.9 Å². The van der Waals surface area contributed by atoms with Crippen molar-refractivity contribution in [2.45, 2.75) is 13.5 Å². The lowest BCUT2D eigenvalue weighted by Gasteiger charge is -2.08. The van der Waals surface area contributed by atoms with Gasteiger partial charge in [-0.3, -0.25) is 9.59 Å². The summed E-state index contributed by atoms with van der Waals surface area (Å²) in [5, 5.41) is 6.91. The largest absolute Gasteiger partial charge is 0.494 e. The molecular weight excluding hydrogens is 467 g/mol. The molecule has 2 aromatic heterocycles. The molecule has 0 fully saturated rings. The Bertz CT molecular complexity index is 1310. The van der Waals surface area contributed by atoms with Gasteiger partial charge in [0.05, 0.1) is 18.0 Å². The molecule has 1 amide bonds. The van der Waals surface area contributed by atoms with Gasteiger partial charge in [-0.15, -0.1) is 0 Å². The lowest BCUT2D eigenvalue weighted by atomic mass is 10.1. The van der Waals surface area contributed by atoms with Crippen LogP contribution in [0.3, 0.4) is 0 Å². The number of benzene rings is 2.